The molecule has 5 unspecified atom stereocenters. The molecule has 2 heterocycles. The molecule has 0 aromatic heterocycles. The molecule has 0 bridgehead atoms. The fourth-order valence-electron chi connectivity index (χ4n) is 3.78. The largest absolute Gasteiger partial charge is 0.377 e. The van der Waals surface area contributed by atoms with E-state index in [1.54, 1.807) is 0 Å². The minimum atomic E-state index is 0.473. The first-order valence-electron chi connectivity index (χ1n) is 9.24. The van der Waals surface area contributed by atoms with E-state index in [9.17, 15) is 0 Å². The average molecular weight is 296 g/mol. The summed E-state index contributed by atoms with van der Waals surface area (Å²) in [4.78, 5) is 2.75. The highest BCUT2D eigenvalue weighted by Gasteiger charge is 2.34. The van der Waals surface area contributed by atoms with Gasteiger partial charge < -0.3 is 10.1 Å². The van der Waals surface area contributed by atoms with E-state index < -0.39 is 0 Å². The molecule has 0 aromatic carbocycles. The number of hydrogen-bond donors (Lipinski definition) is 1. The second-order valence-electron chi connectivity index (χ2n) is 7.30. The summed E-state index contributed by atoms with van der Waals surface area (Å²) in [5.74, 6) is 1.52. The Morgan fingerprint density at radius 1 is 1.14 bits per heavy atom. The van der Waals surface area contributed by atoms with Gasteiger partial charge in [0, 0.05) is 38.3 Å². The van der Waals surface area contributed by atoms with Crippen molar-refractivity contribution in [2.75, 3.05) is 26.2 Å². The Hall–Kier alpha value is -0.120. The molecule has 0 amide bonds. The molecule has 124 valence electrons. The van der Waals surface area contributed by atoms with Crippen LogP contribution in [0.1, 0.15) is 59.8 Å². The summed E-state index contributed by atoms with van der Waals surface area (Å²) in [5.41, 5.74) is 0. The lowest BCUT2D eigenvalue weighted by Crippen LogP contribution is -2.61. The van der Waals surface area contributed by atoms with E-state index >= 15 is 0 Å². The van der Waals surface area contributed by atoms with E-state index in [1.165, 1.54) is 38.6 Å². The van der Waals surface area contributed by atoms with Gasteiger partial charge in [-0.05, 0) is 31.1 Å². The molecular formula is C18H36N2O. The Labute approximate surface area is 131 Å². The van der Waals surface area contributed by atoms with Gasteiger partial charge in [-0.15, -0.1) is 0 Å². The van der Waals surface area contributed by atoms with Crippen molar-refractivity contribution in [3.05, 3.63) is 0 Å². The third kappa shape index (κ3) is 4.67. The zero-order valence-corrected chi connectivity index (χ0v) is 14.6. The lowest BCUT2D eigenvalue weighted by Gasteiger charge is -2.46. The third-order valence-electron chi connectivity index (χ3n) is 5.83. The van der Waals surface area contributed by atoms with Gasteiger partial charge in [-0.25, -0.2) is 0 Å². The van der Waals surface area contributed by atoms with Crippen LogP contribution in [0.4, 0.5) is 0 Å². The maximum Gasteiger partial charge on any atom is 0.0702 e. The smallest absolute Gasteiger partial charge is 0.0702 e. The second-order valence-corrected chi connectivity index (χ2v) is 7.30. The highest BCUT2D eigenvalue weighted by atomic mass is 16.5. The van der Waals surface area contributed by atoms with E-state index in [4.69, 9.17) is 4.74 Å². The predicted molar refractivity (Wildman–Crippen MR) is 89.7 cm³/mol. The quantitative estimate of drug-likeness (QED) is 0.814. The summed E-state index contributed by atoms with van der Waals surface area (Å²) < 4.78 is 6.00. The summed E-state index contributed by atoms with van der Waals surface area (Å²) in [6, 6.07) is 1.33. The van der Waals surface area contributed by atoms with Crippen LogP contribution in [0.3, 0.4) is 0 Å². The summed E-state index contributed by atoms with van der Waals surface area (Å²) in [6.45, 7) is 13.9. The lowest BCUT2D eigenvalue weighted by atomic mass is 9.90. The molecule has 2 rings (SSSR count). The number of piperazine rings is 1. The van der Waals surface area contributed by atoms with Gasteiger partial charge in [-0.1, -0.05) is 40.5 Å². The molecule has 5 atom stereocenters. The predicted octanol–water partition coefficient (Wildman–Crippen LogP) is 3.29. The lowest BCUT2D eigenvalue weighted by molar-refractivity contribution is -0.0308. The molecule has 0 aromatic rings. The van der Waals surface area contributed by atoms with Gasteiger partial charge in [-0.3, -0.25) is 4.90 Å². The molecule has 0 saturated carbocycles. The van der Waals surface area contributed by atoms with Crippen LogP contribution in [0.25, 0.3) is 0 Å². The normalized spacial score (nSPS) is 34.6. The summed E-state index contributed by atoms with van der Waals surface area (Å²) in [5, 5.41) is 3.82. The second kappa shape index (κ2) is 8.50. The first kappa shape index (κ1) is 17.2. The maximum absolute atomic E-state index is 6.00. The van der Waals surface area contributed by atoms with Crippen LogP contribution in [0.15, 0.2) is 0 Å². The highest BCUT2D eigenvalue weighted by Crippen LogP contribution is 2.24. The molecule has 0 aliphatic carbocycles. The Kier molecular flexibility index (Phi) is 6.97. The molecule has 2 fully saturated rings. The van der Waals surface area contributed by atoms with Gasteiger partial charge in [0.2, 0.25) is 0 Å². The Morgan fingerprint density at radius 3 is 2.52 bits per heavy atom. The number of nitrogens with zero attached hydrogens (tertiary/aromatic N) is 1. The van der Waals surface area contributed by atoms with Crippen molar-refractivity contribution in [2.24, 2.45) is 11.8 Å². The first-order chi connectivity index (χ1) is 10.2. The molecule has 0 radical (unpaired) electrons. The van der Waals surface area contributed by atoms with Crippen molar-refractivity contribution in [1.29, 1.82) is 0 Å². The average Bonchev–Trinajstić information content (AvgIpc) is 2.54. The van der Waals surface area contributed by atoms with E-state index in [-0.39, 0.29) is 0 Å². The van der Waals surface area contributed by atoms with Gasteiger partial charge in [0.1, 0.15) is 0 Å². The van der Waals surface area contributed by atoms with Crippen LogP contribution in [-0.2, 0) is 4.74 Å². The third-order valence-corrected chi connectivity index (χ3v) is 5.83. The van der Waals surface area contributed by atoms with Crippen molar-refractivity contribution in [3.8, 4) is 0 Å². The molecule has 2 saturated heterocycles. The Balaban J connectivity index is 1.97. The number of hydrogen-bond acceptors (Lipinski definition) is 3. The molecule has 2 aliphatic rings. The van der Waals surface area contributed by atoms with Gasteiger partial charge >= 0.3 is 0 Å². The van der Waals surface area contributed by atoms with Gasteiger partial charge in [0.05, 0.1) is 6.10 Å². The van der Waals surface area contributed by atoms with E-state index in [1.807, 2.05) is 0 Å². The van der Waals surface area contributed by atoms with Crippen LogP contribution in [0.2, 0.25) is 0 Å². The fourth-order valence-corrected chi connectivity index (χ4v) is 3.78. The van der Waals surface area contributed by atoms with Crippen LogP contribution in [0.5, 0.6) is 0 Å². The van der Waals surface area contributed by atoms with Crippen LogP contribution < -0.4 is 5.32 Å². The van der Waals surface area contributed by atoms with E-state index in [0.717, 1.165) is 31.5 Å². The highest BCUT2D eigenvalue weighted by molar-refractivity contribution is 4.91. The van der Waals surface area contributed by atoms with Crippen molar-refractivity contribution in [2.45, 2.75) is 78.0 Å². The monoisotopic (exact) mass is 296 g/mol. The topological polar surface area (TPSA) is 24.5 Å². The van der Waals surface area contributed by atoms with Crippen molar-refractivity contribution in [1.82, 2.24) is 10.2 Å². The molecule has 3 nitrogen and oxygen atoms in total. The first-order valence-corrected chi connectivity index (χ1v) is 9.24. The maximum atomic E-state index is 6.00. The van der Waals surface area contributed by atoms with Gasteiger partial charge in [0.25, 0.3) is 0 Å². The minimum Gasteiger partial charge on any atom is -0.377 e. The molecule has 2 aliphatic heterocycles. The summed E-state index contributed by atoms with van der Waals surface area (Å²) >= 11 is 0. The summed E-state index contributed by atoms with van der Waals surface area (Å²) in [7, 11) is 0. The minimum absolute atomic E-state index is 0.473. The van der Waals surface area contributed by atoms with Crippen molar-refractivity contribution < 1.29 is 4.74 Å². The zero-order valence-electron chi connectivity index (χ0n) is 14.6. The Bertz CT molecular complexity index is 289. The standard InChI is InChI=1S/C18H36N2O/c1-5-14(3)17-13-20(12-16-9-7-8-10-21-16)18(11-19-17)15(4)6-2/h14-19H,5-13H2,1-4H3. The number of nitrogens with one attached hydrogen (secondary N) is 1. The summed E-state index contributed by atoms with van der Waals surface area (Å²) in [6.07, 6.45) is 6.86. The van der Waals surface area contributed by atoms with Crippen LogP contribution >= 0.6 is 0 Å². The number of rotatable bonds is 6. The Morgan fingerprint density at radius 2 is 1.90 bits per heavy atom. The number of ether oxygens (including phenoxy) is 1. The molecule has 3 heteroatoms. The van der Waals surface area contributed by atoms with Crippen molar-refractivity contribution in [3.63, 3.8) is 0 Å². The van der Waals surface area contributed by atoms with Crippen LogP contribution in [0, 0.1) is 11.8 Å². The molecule has 21 heavy (non-hydrogen) atoms. The van der Waals surface area contributed by atoms with Crippen molar-refractivity contribution >= 4 is 0 Å². The molecular weight excluding hydrogens is 260 g/mol. The fraction of sp³-hybridized carbons (Fsp3) is 1.00. The molecule has 0 spiro atoms. The SMILES string of the molecule is CCC(C)C1CN(CC2CCCCO2)C(C(C)CC)CN1. The zero-order chi connectivity index (χ0) is 15.2. The van der Waals surface area contributed by atoms with E-state index in [0.29, 0.717) is 18.2 Å². The van der Waals surface area contributed by atoms with Gasteiger partial charge in [-0.2, -0.15) is 0 Å². The van der Waals surface area contributed by atoms with Gasteiger partial charge in [0.15, 0.2) is 0 Å². The van der Waals surface area contributed by atoms with Crippen LogP contribution in [-0.4, -0.2) is 49.3 Å². The molecule has 1 N–H and O–H groups in total. The van der Waals surface area contributed by atoms with E-state index in [2.05, 4.69) is 37.9 Å².